The van der Waals surface area contributed by atoms with Gasteiger partial charge in [0.25, 0.3) is 5.91 Å². The summed E-state index contributed by atoms with van der Waals surface area (Å²) in [5, 5.41) is 0. The number of likely N-dealkylation sites (tertiary alicyclic amines) is 1. The van der Waals surface area contributed by atoms with Crippen molar-refractivity contribution < 1.29 is 14.3 Å². The van der Waals surface area contributed by atoms with Gasteiger partial charge in [-0.1, -0.05) is 0 Å². The first kappa shape index (κ1) is 16.1. The largest absolute Gasteiger partial charge is 0.484 e. The second-order valence-corrected chi connectivity index (χ2v) is 5.92. The summed E-state index contributed by atoms with van der Waals surface area (Å²) in [6, 6.07) is 11.0. The number of benzene rings is 1. The molecule has 0 spiro atoms. The first-order valence-electron chi connectivity index (χ1n) is 8.06. The molecule has 1 aromatic carbocycles. The number of carbonyl (C=O) groups is 2. The highest BCUT2D eigenvalue weighted by molar-refractivity contribution is 5.92. The van der Waals surface area contributed by atoms with E-state index in [1.54, 1.807) is 24.3 Å². The topological polar surface area (TPSA) is 77.6 Å². The maximum absolute atomic E-state index is 12.3. The summed E-state index contributed by atoms with van der Waals surface area (Å²) in [6.45, 7) is 1.49. The summed E-state index contributed by atoms with van der Waals surface area (Å²) in [4.78, 5) is 25.1. The van der Waals surface area contributed by atoms with Gasteiger partial charge >= 0.3 is 0 Å². The Labute approximate surface area is 140 Å². The molecule has 2 N–H and O–H groups in total. The Morgan fingerprint density at radius 2 is 1.71 bits per heavy atom. The molecule has 24 heavy (non-hydrogen) atoms. The summed E-state index contributed by atoms with van der Waals surface area (Å²) in [5.41, 5.74) is 5.60. The molecular formula is C18H21N3O3. The Hall–Kier alpha value is -2.76. The van der Waals surface area contributed by atoms with Gasteiger partial charge in [-0.3, -0.25) is 9.59 Å². The second kappa shape index (κ2) is 7.21. The number of nitrogens with zero attached hydrogens (tertiary/aromatic N) is 2. The van der Waals surface area contributed by atoms with Crippen molar-refractivity contribution in [1.82, 2.24) is 9.47 Å². The lowest BCUT2D eigenvalue weighted by molar-refractivity contribution is -0.134. The fraction of sp³-hybridized carbons (Fsp3) is 0.333. The molecule has 0 aliphatic carbocycles. The van der Waals surface area contributed by atoms with E-state index in [2.05, 4.69) is 17.0 Å². The van der Waals surface area contributed by atoms with Gasteiger partial charge in [0.05, 0.1) is 0 Å². The smallest absolute Gasteiger partial charge is 0.260 e. The SMILES string of the molecule is NC(=O)c1ccc(OCC(=O)N2CCC(n3cccc3)CC2)cc1. The van der Waals surface area contributed by atoms with Crippen LogP contribution in [0.15, 0.2) is 48.8 Å². The number of aromatic nitrogens is 1. The zero-order chi connectivity index (χ0) is 16.9. The highest BCUT2D eigenvalue weighted by Crippen LogP contribution is 2.22. The van der Waals surface area contributed by atoms with E-state index in [0.717, 1.165) is 25.9 Å². The molecule has 1 fully saturated rings. The monoisotopic (exact) mass is 327 g/mol. The quantitative estimate of drug-likeness (QED) is 0.910. The number of carbonyl (C=O) groups excluding carboxylic acids is 2. The predicted octanol–water partition coefficient (Wildman–Crippen LogP) is 1.83. The maximum Gasteiger partial charge on any atom is 0.260 e. The number of amides is 2. The van der Waals surface area contributed by atoms with Gasteiger partial charge in [-0.05, 0) is 49.2 Å². The molecule has 2 amide bonds. The minimum Gasteiger partial charge on any atom is -0.484 e. The molecule has 126 valence electrons. The fourth-order valence-corrected chi connectivity index (χ4v) is 2.96. The van der Waals surface area contributed by atoms with Crippen molar-refractivity contribution >= 4 is 11.8 Å². The maximum atomic E-state index is 12.3. The molecule has 2 aromatic rings. The van der Waals surface area contributed by atoms with Crippen molar-refractivity contribution in [2.75, 3.05) is 19.7 Å². The molecule has 0 radical (unpaired) electrons. The van der Waals surface area contributed by atoms with E-state index in [4.69, 9.17) is 10.5 Å². The van der Waals surface area contributed by atoms with E-state index in [1.807, 2.05) is 17.0 Å². The van der Waals surface area contributed by atoms with E-state index in [0.29, 0.717) is 17.4 Å². The molecule has 0 saturated carbocycles. The van der Waals surface area contributed by atoms with Crippen LogP contribution in [0.2, 0.25) is 0 Å². The molecule has 6 heteroatoms. The average molecular weight is 327 g/mol. The number of primary amides is 1. The fourth-order valence-electron chi connectivity index (χ4n) is 2.96. The lowest BCUT2D eigenvalue weighted by Gasteiger charge is -2.32. The number of nitrogens with two attached hydrogens (primary N) is 1. The summed E-state index contributed by atoms with van der Waals surface area (Å²) < 4.78 is 7.71. The van der Waals surface area contributed by atoms with Gasteiger partial charge in [-0.2, -0.15) is 0 Å². The number of hydrogen-bond donors (Lipinski definition) is 1. The third-order valence-corrected chi connectivity index (χ3v) is 4.37. The molecule has 1 aliphatic rings. The van der Waals surface area contributed by atoms with Crippen LogP contribution in [0.4, 0.5) is 0 Å². The van der Waals surface area contributed by atoms with Crippen LogP contribution in [0.25, 0.3) is 0 Å². The third kappa shape index (κ3) is 3.76. The first-order chi connectivity index (χ1) is 11.6. The highest BCUT2D eigenvalue weighted by Gasteiger charge is 2.23. The van der Waals surface area contributed by atoms with Crippen LogP contribution >= 0.6 is 0 Å². The van der Waals surface area contributed by atoms with Crippen molar-refractivity contribution in [2.24, 2.45) is 5.73 Å². The summed E-state index contributed by atoms with van der Waals surface area (Å²) in [7, 11) is 0. The van der Waals surface area contributed by atoms with Crippen LogP contribution in [0, 0.1) is 0 Å². The van der Waals surface area contributed by atoms with Crippen molar-refractivity contribution in [3.05, 3.63) is 54.4 Å². The van der Waals surface area contributed by atoms with Crippen LogP contribution in [0.1, 0.15) is 29.2 Å². The normalized spacial score (nSPS) is 15.2. The predicted molar refractivity (Wildman–Crippen MR) is 89.7 cm³/mol. The van der Waals surface area contributed by atoms with Gasteiger partial charge in [-0.25, -0.2) is 0 Å². The highest BCUT2D eigenvalue weighted by atomic mass is 16.5. The summed E-state index contributed by atoms with van der Waals surface area (Å²) >= 11 is 0. The van der Waals surface area contributed by atoms with E-state index < -0.39 is 5.91 Å². The van der Waals surface area contributed by atoms with Gasteiger partial charge in [0.1, 0.15) is 5.75 Å². The van der Waals surface area contributed by atoms with E-state index in [-0.39, 0.29) is 12.5 Å². The zero-order valence-electron chi connectivity index (χ0n) is 13.4. The van der Waals surface area contributed by atoms with Crippen LogP contribution in [-0.4, -0.2) is 41.0 Å². The molecule has 0 unspecified atom stereocenters. The first-order valence-corrected chi connectivity index (χ1v) is 8.06. The summed E-state index contributed by atoms with van der Waals surface area (Å²) in [6.07, 6.45) is 6.05. The number of hydrogen-bond acceptors (Lipinski definition) is 3. The average Bonchev–Trinajstić information content (AvgIpc) is 3.15. The van der Waals surface area contributed by atoms with Crippen LogP contribution in [-0.2, 0) is 4.79 Å². The minimum absolute atomic E-state index is 0.00407. The van der Waals surface area contributed by atoms with Crippen molar-refractivity contribution in [1.29, 1.82) is 0 Å². The molecule has 3 rings (SSSR count). The van der Waals surface area contributed by atoms with E-state index in [9.17, 15) is 9.59 Å². The van der Waals surface area contributed by atoms with Crippen LogP contribution < -0.4 is 10.5 Å². The van der Waals surface area contributed by atoms with Crippen molar-refractivity contribution in [3.8, 4) is 5.75 Å². The molecule has 0 bridgehead atoms. The lowest BCUT2D eigenvalue weighted by Crippen LogP contribution is -2.41. The molecule has 1 saturated heterocycles. The Bertz CT molecular complexity index is 687. The Morgan fingerprint density at radius 1 is 1.08 bits per heavy atom. The van der Waals surface area contributed by atoms with Crippen LogP contribution in [0.3, 0.4) is 0 Å². The molecule has 6 nitrogen and oxygen atoms in total. The molecular weight excluding hydrogens is 306 g/mol. The number of piperidine rings is 1. The van der Waals surface area contributed by atoms with Crippen molar-refractivity contribution in [3.63, 3.8) is 0 Å². The second-order valence-electron chi connectivity index (χ2n) is 5.92. The summed E-state index contributed by atoms with van der Waals surface area (Å²) in [5.74, 6) is 0.0544. The number of ether oxygens (including phenoxy) is 1. The Kier molecular flexibility index (Phi) is 4.84. The molecule has 0 atom stereocenters. The third-order valence-electron chi connectivity index (χ3n) is 4.37. The van der Waals surface area contributed by atoms with Gasteiger partial charge in [0, 0.05) is 37.1 Å². The van der Waals surface area contributed by atoms with Gasteiger partial charge < -0.3 is 19.9 Å². The van der Waals surface area contributed by atoms with E-state index in [1.165, 1.54) is 0 Å². The zero-order valence-corrected chi connectivity index (χ0v) is 13.4. The number of rotatable bonds is 5. The van der Waals surface area contributed by atoms with Gasteiger partial charge in [-0.15, -0.1) is 0 Å². The van der Waals surface area contributed by atoms with Crippen molar-refractivity contribution in [2.45, 2.75) is 18.9 Å². The molecule has 1 aliphatic heterocycles. The Morgan fingerprint density at radius 3 is 2.29 bits per heavy atom. The van der Waals surface area contributed by atoms with E-state index >= 15 is 0 Å². The lowest BCUT2D eigenvalue weighted by atomic mass is 10.1. The standard InChI is InChI=1S/C18H21N3O3/c19-18(23)14-3-5-16(6-4-14)24-13-17(22)21-11-7-15(8-12-21)20-9-1-2-10-20/h1-6,9-10,15H,7-8,11-13H2,(H2,19,23). The van der Waals surface area contributed by atoms with Gasteiger partial charge in [0.2, 0.25) is 5.91 Å². The molecule has 2 heterocycles. The Balaban J connectivity index is 1.46. The molecule has 1 aromatic heterocycles. The van der Waals surface area contributed by atoms with Gasteiger partial charge in [0.15, 0.2) is 6.61 Å². The van der Waals surface area contributed by atoms with Crippen LogP contribution in [0.5, 0.6) is 5.75 Å². The minimum atomic E-state index is -0.483.